The van der Waals surface area contributed by atoms with Gasteiger partial charge < -0.3 is 10.1 Å². The second-order valence-corrected chi connectivity index (χ2v) is 8.05. The number of H-pyrrole nitrogens is 1. The van der Waals surface area contributed by atoms with Gasteiger partial charge in [0.15, 0.2) is 5.82 Å². The molecule has 0 aliphatic rings. The molecule has 0 radical (unpaired) electrons. The molecule has 1 unspecified atom stereocenters. The van der Waals surface area contributed by atoms with Gasteiger partial charge in [-0.3, -0.25) is 5.10 Å². The van der Waals surface area contributed by atoms with Crippen LogP contribution in [0.3, 0.4) is 0 Å². The van der Waals surface area contributed by atoms with Gasteiger partial charge in [0.2, 0.25) is 0 Å². The van der Waals surface area contributed by atoms with Crippen molar-refractivity contribution in [3.63, 3.8) is 0 Å². The Morgan fingerprint density at radius 3 is 2.55 bits per heavy atom. The van der Waals surface area contributed by atoms with Gasteiger partial charge in [0.25, 0.3) is 0 Å². The molecule has 0 aliphatic carbocycles. The maximum atomic E-state index is 12.7. The second kappa shape index (κ2) is 9.23. The highest BCUT2D eigenvalue weighted by atomic mass is 16.6. The van der Waals surface area contributed by atoms with E-state index in [0.29, 0.717) is 23.7 Å². The maximum absolute atomic E-state index is 12.7. The summed E-state index contributed by atoms with van der Waals surface area (Å²) in [4.78, 5) is 12.7. The van der Waals surface area contributed by atoms with Crippen LogP contribution < -0.4 is 10.1 Å². The van der Waals surface area contributed by atoms with Crippen molar-refractivity contribution in [3.05, 3.63) is 70.8 Å². The number of rotatable bonds is 6. The van der Waals surface area contributed by atoms with Crippen molar-refractivity contribution in [1.29, 1.82) is 0 Å². The SMILES string of the molecule is CCc1nnnn1-c1cc(OC(=O)NC(C)c2c(C)n[nH]c2C)cc(-c2ccc(C)cc2)c1. The molecular formula is C24H27N7O2. The average Bonchev–Trinajstić information content (AvgIpc) is 3.39. The monoisotopic (exact) mass is 445 g/mol. The lowest BCUT2D eigenvalue weighted by molar-refractivity contribution is 0.197. The highest BCUT2D eigenvalue weighted by molar-refractivity contribution is 5.74. The highest BCUT2D eigenvalue weighted by Gasteiger charge is 2.18. The number of hydrogen-bond donors (Lipinski definition) is 2. The Kier molecular flexibility index (Phi) is 6.21. The van der Waals surface area contributed by atoms with E-state index in [4.69, 9.17) is 4.74 Å². The molecule has 0 saturated heterocycles. The predicted octanol–water partition coefficient (Wildman–Crippen LogP) is 4.39. The molecule has 9 nitrogen and oxygen atoms in total. The van der Waals surface area contributed by atoms with Gasteiger partial charge >= 0.3 is 6.09 Å². The first kappa shape index (κ1) is 22.2. The smallest absolute Gasteiger partial charge is 0.410 e. The van der Waals surface area contributed by atoms with Crippen LogP contribution in [0.15, 0.2) is 42.5 Å². The lowest BCUT2D eigenvalue weighted by atomic mass is 10.0. The molecule has 2 aromatic heterocycles. The summed E-state index contributed by atoms with van der Waals surface area (Å²) in [7, 11) is 0. The zero-order chi connectivity index (χ0) is 23.5. The summed E-state index contributed by atoms with van der Waals surface area (Å²) < 4.78 is 7.35. The van der Waals surface area contributed by atoms with E-state index in [2.05, 4.69) is 31.0 Å². The Morgan fingerprint density at radius 1 is 1.12 bits per heavy atom. The lowest BCUT2D eigenvalue weighted by Gasteiger charge is -2.16. The number of aromatic amines is 1. The molecule has 0 bridgehead atoms. The number of nitrogens with zero attached hydrogens (tertiary/aromatic N) is 5. The van der Waals surface area contributed by atoms with E-state index in [1.54, 1.807) is 10.7 Å². The summed E-state index contributed by atoms with van der Waals surface area (Å²) in [5.74, 6) is 1.11. The topological polar surface area (TPSA) is 111 Å². The first-order valence-corrected chi connectivity index (χ1v) is 10.8. The van der Waals surface area contributed by atoms with E-state index in [0.717, 1.165) is 28.1 Å². The van der Waals surface area contributed by atoms with Gasteiger partial charge in [0.1, 0.15) is 5.75 Å². The van der Waals surface area contributed by atoms with Gasteiger partial charge in [-0.1, -0.05) is 36.8 Å². The number of aromatic nitrogens is 6. The Balaban J connectivity index is 1.65. The van der Waals surface area contributed by atoms with Crippen molar-refractivity contribution in [2.75, 3.05) is 0 Å². The number of aryl methyl sites for hydroxylation is 4. The zero-order valence-corrected chi connectivity index (χ0v) is 19.4. The highest BCUT2D eigenvalue weighted by Crippen LogP contribution is 2.29. The van der Waals surface area contributed by atoms with Crippen molar-refractivity contribution in [3.8, 4) is 22.6 Å². The minimum absolute atomic E-state index is 0.262. The molecule has 0 aliphatic heterocycles. The summed E-state index contributed by atoms with van der Waals surface area (Å²) in [6.07, 6.45) is 0.112. The van der Waals surface area contributed by atoms with E-state index >= 15 is 0 Å². The Hall–Kier alpha value is -4.01. The van der Waals surface area contributed by atoms with Crippen molar-refractivity contribution in [2.24, 2.45) is 0 Å². The predicted molar refractivity (Wildman–Crippen MR) is 124 cm³/mol. The third-order valence-corrected chi connectivity index (χ3v) is 5.53. The third-order valence-electron chi connectivity index (χ3n) is 5.53. The molecule has 33 heavy (non-hydrogen) atoms. The van der Waals surface area contributed by atoms with Crippen LogP contribution in [0.1, 0.15) is 48.2 Å². The minimum Gasteiger partial charge on any atom is -0.410 e. The van der Waals surface area contributed by atoms with Crippen LogP contribution in [-0.4, -0.2) is 36.5 Å². The molecule has 2 aromatic carbocycles. The molecular weight excluding hydrogens is 418 g/mol. The van der Waals surface area contributed by atoms with Gasteiger partial charge in [0, 0.05) is 23.7 Å². The number of amides is 1. The van der Waals surface area contributed by atoms with E-state index in [-0.39, 0.29) is 6.04 Å². The Bertz CT molecular complexity index is 1250. The molecule has 0 spiro atoms. The van der Waals surface area contributed by atoms with Crippen LogP contribution in [-0.2, 0) is 6.42 Å². The van der Waals surface area contributed by atoms with Crippen LogP contribution in [0.25, 0.3) is 16.8 Å². The zero-order valence-electron chi connectivity index (χ0n) is 19.4. The molecule has 170 valence electrons. The molecule has 9 heteroatoms. The van der Waals surface area contributed by atoms with Crippen LogP contribution in [0, 0.1) is 20.8 Å². The summed E-state index contributed by atoms with van der Waals surface area (Å²) in [5.41, 5.74) is 6.47. The summed E-state index contributed by atoms with van der Waals surface area (Å²) in [6.45, 7) is 9.75. The van der Waals surface area contributed by atoms with Crippen LogP contribution in [0.2, 0.25) is 0 Å². The third kappa shape index (κ3) is 4.77. The number of carbonyl (C=O) groups excluding carboxylic acids is 1. The second-order valence-electron chi connectivity index (χ2n) is 8.05. The van der Waals surface area contributed by atoms with Crippen molar-refractivity contribution in [2.45, 2.75) is 47.1 Å². The van der Waals surface area contributed by atoms with Gasteiger partial charge in [-0.2, -0.15) is 9.78 Å². The molecule has 2 N–H and O–H groups in total. The molecule has 1 amide bonds. The van der Waals surface area contributed by atoms with Crippen molar-refractivity contribution >= 4 is 6.09 Å². The van der Waals surface area contributed by atoms with Crippen molar-refractivity contribution in [1.82, 2.24) is 35.7 Å². The molecule has 0 saturated carbocycles. The van der Waals surface area contributed by atoms with Crippen LogP contribution in [0.5, 0.6) is 5.75 Å². The number of carbonyl (C=O) groups is 1. The average molecular weight is 446 g/mol. The van der Waals surface area contributed by atoms with E-state index in [1.165, 1.54) is 5.56 Å². The Labute approximate surface area is 192 Å². The number of tetrazole rings is 1. The number of ether oxygens (including phenoxy) is 1. The quantitative estimate of drug-likeness (QED) is 0.455. The largest absolute Gasteiger partial charge is 0.413 e. The Morgan fingerprint density at radius 2 is 1.88 bits per heavy atom. The summed E-state index contributed by atoms with van der Waals surface area (Å²) >= 11 is 0. The van der Waals surface area contributed by atoms with Gasteiger partial charge in [-0.25, -0.2) is 4.79 Å². The fraction of sp³-hybridized carbons (Fsp3) is 0.292. The van der Waals surface area contributed by atoms with Gasteiger partial charge in [-0.05, 0) is 61.4 Å². The molecule has 4 aromatic rings. The molecule has 1 atom stereocenters. The van der Waals surface area contributed by atoms with E-state index in [1.807, 2.05) is 71.0 Å². The van der Waals surface area contributed by atoms with Crippen LogP contribution >= 0.6 is 0 Å². The molecule has 2 heterocycles. The number of hydrogen-bond acceptors (Lipinski definition) is 6. The fourth-order valence-corrected chi connectivity index (χ4v) is 3.89. The lowest BCUT2D eigenvalue weighted by Crippen LogP contribution is -2.30. The van der Waals surface area contributed by atoms with Gasteiger partial charge in [-0.15, -0.1) is 5.10 Å². The summed E-state index contributed by atoms with van der Waals surface area (Å²) in [5, 5.41) is 22.0. The number of nitrogens with one attached hydrogen (secondary N) is 2. The summed E-state index contributed by atoms with van der Waals surface area (Å²) in [6, 6.07) is 13.5. The van der Waals surface area contributed by atoms with E-state index in [9.17, 15) is 4.79 Å². The van der Waals surface area contributed by atoms with Crippen molar-refractivity contribution < 1.29 is 9.53 Å². The maximum Gasteiger partial charge on any atom is 0.413 e. The minimum atomic E-state index is -0.554. The number of benzene rings is 2. The fourth-order valence-electron chi connectivity index (χ4n) is 3.89. The standard InChI is InChI=1S/C24H27N7O2/c1-6-22-28-29-30-31(22)20-11-19(18-9-7-14(2)8-10-18)12-21(13-20)33-24(32)25-15(3)23-16(4)26-27-17(23)5/h7-13,15H,6H2,1-5H3,(H,25,32)(H,26,27). The van der Waals surface area contributed by atoms with Crippen LogP contribution in [0.4, 0.5) is 4.79 Å². The first-order valence-electron chi connectivity index (χ1n) is 10.8. The molecule has 4 rings (SSSR count). The molecule has 0 fully saturated rings. The van der Waals surface area contributed by atoms with E-state index < -0.39 is 6.09 Å². The van der Waals surface area contributed by atoms with Gasteiger partial charge in [0.05, 0.1) is 17.4 Å². The normalized spacial score (nSPS) is 11.9. The first-order chi connectivity index (χ1) is 15.9.